The second kappa shape index (κ2) is 8.81. The number of hydrogen-bond acceptors (Lipinski definition) is 4. The number of carbonyl (C=O) groups is 1. The molecule has 27 heavy (non-hydrogen) atoms. The van der Waals surface area contributed by atoms with Gasteiger partial charge in [-0.25, -0.2) is 4.98 Å². The Morgan fingerprint density at radius 2 is 2.07 bits per heavy atom. The lowest BCUT2D eigenvalue weighted by molar-refractivity contribution is 0.102. The number of unbranched alkanes of at least 4 members (excludes halogenated alkanes) is 2. The maximum Gasteiger partial charge on any atom is 0.274 e. The SMILES string of the molecule is C#CCCCCOc1cccc(NC(=O)c2nc3cccnc3cc2C)c1. The fourth-order valence-corrected chi connectivity index (χ4v) is 2.70. The molecule has 2 aromatic heterocycles. The van der Waals surface area contributed by atoms with Crippen molar-refractivity contribution in [1.29, 1.82) is 0 Å². The molecule has 0 unspecified atom stereocenters. The van der Waals surface area contributed by atoms with E-state index in [9.17, 15) is 4.79 Å². The molecule has 0 fully saturated rings. The molecule has 0 atom stereocenters. The number of amides is 1. The van der Waals surface area contributed by atoms with Crippen LogP contribution in [0.4, 0.5) is 5.69 Å². The molecule has 0 aliphatic heterocycles. The van der Waals surface area contributed by atoms with Gasteiger partial charge in [0.25, 0.3) is 5.91 Å². The van der Waals surface area contributed by atoms with Gasteiger partial charge in [0.05, 0.1) is 17.6 Å². The van der Waals surface area contributed by atoms with E-state index in [0.717, 1.165) is 30.3 Å². The predicted octanol–water partition coefficient (Wildman–Crippen LogP) is 4.37. The summed E-state index contributed by atoms with van der Waals surface area (Å²) < 4.78 is 5.72. The third-order valence-corrected chi connectivity index (χ3v) is 4.07. The molecule has 1 aromatic carbocycles. The summed E-state index contributed by atoms with van der Waals surface area (Å²) in [7, 11) is 0. The van der Waals surface area contributed by atoms with E-state index >= 15 is 0 Å². The quantitative estimate of drug-likeness (QED) is 0.502. The second-order valence-electron chi connectivity index (χ2n) is 6.19. The number of nitrogens with one attached hydrogen (secondary N) is 1. The van der Waals surface area contributed by atoms with E-state index in [1.54, 1.807) is 18.3 Å². The molecule has 0 saturated heterocycles. The Morgan fingerprint density at radius 3 is 2.93 bits per heavy atom. The van der Waals surface area contributed by atoms with Gasteiger partial charge in [0.1, 0.15) is 11.4 Å². The summed E-state index contributed by atoms with van der Waals surface area (Å²) in [5, 5.41) is 2.89. The second-order valence-corrected chi connectivity index (χ2v) is 6.19. The number of ether oxygens (including phenoxy) is 1. The van der Waals surface area contributed by atoms with Gasteiger partial charge in [0, 0.05) is 24.4 Å². The molecule has 0 bridgehead atoms. The summed E-state index contributed by atoms with van der Waals surface area (Å²) in [6, 6.07) is 12.8. The summed E-state index contributed by atoms with van der Waals surface area (Å²) >= 11 is 0. The van der Waals surface area contributed by atoms with Crippen LogP contribution >= 0.6 is 0 Å². The van der Waals surface area contributed by atoms with Gasteiger partial charge in [0.2, 0.25) is 0 Å². The molecular weight excluding hydrogens is 338 g/mol. The first kappa shape index (κ1) is 18.4. The maximum atomic E-state index is 12.7. The number of fused-ring (bicyclic) bond motifs is 1. The van der Waals surface area contributed by atoms with Crippen LogP contribution in [0.3, 0.4) is 0 Å². The fraction of sp³-hybridized carbons (Fsp3) is 0.227. The predicted molar refractivity (Wildman–Crippen MR) is 107 cm³/mol. The first-order valence-electron chi connectivity index (χ1n) is 8.87. The van der Waals surface area contributed by atoms with Crippen LogP contribution in [0.2, 0.25) is 0 Å². The molecule has 0 spiro atoms. The number of rotatable bonds is 7. The fourth-order valence-electron chi connectivity index (χ4n) is 2.70. The summed E-state index contributed by atoms with van der Waals surface area (Å²) in [4.78, 5) is 21.4. The van der Waals surface area contributed by atoms with Gasteiger partial charge in [-0.05, 0) is 55.7 Å². The standard InChI is InChI=1S/C22H21N3O2/c1-3-4-5-6-13-27-18-10-7-9-17(15-18)24-22(26)21-16(2)14-20-19(25-21)11-8-12-23-20/h1,7-12,14-15H,4-6,13H2,2H3,(H,24,26). The summed E-state index contributed by atoms with van der Waals surface area (Å²) in [5.41, 5.74) is 3.29. The van der Waals surface area contributed by atoms with E-state index in [2.05, 4.69) is 21.2 Å². The van der Waals surface area contributed by atoms with Gasteiger partial charge >= 0.3 is 0 Å². The van der Waals surface area contributed by atoms with Crippen LogP contribution in [-0.2, 0) is 0 Å². The molecule has 3 rings (SSSR count). The number of anilines is 1. The van der Waals surface area contributed by atoms with Crippen molar-refractivity contribution in [2.45, 2.75) is 26.2 Å². The minimum Gasteiger partial charge on any atom is -0.494 e. The topological polar surface area (TPSA) is 64.1 Å². The normalized spacial score (nSPS) is 10.4. The van der Waals surface area contributed by atoms with Crippen molar-refractivity contribution >= 4 is 22.6 Å². The van der Waals surface area contributed by atoms with Gasteiger partial charge < -0.3 is 10.1 Å². The Labute approximate surface area is 158 Å². The molecule has 3 aromatic rings. The van der Waals surface area contributed by atoms with E-state index in [0.29, 0.717) is 29.3 Å². The van der Waals surface area contributed by atoms with Crippen LogP contribution in [0.5, 0.6) is 5.75 Å². The average Bonchev–Trinajstić information content (AvgIpc) is 2.67. The van der Waals surface area contributed by atoms with Gasteiger partial charge in [-0.1, -0.05) is 6.07 Å². The number of carbonyl (C=O) groups excluding carboxylic acids is 1. The lowest BCUT2D eigenvalue weighted by Crippen LogP contribution is -2.15. The van der Waals surface area contributed by atoms with E-state index in [1.165, 1.54) is 0 Å². The number of benzene rings is 1. The maximum absolute atomic E-state index is 12.7. The molecule has 0 aliphatic rings. The van der Waals surface area contributed by atoms with Crippen LogP contribution < -0.4 is 10.1 Å². The first-order chi connectivity index (χ1) is 13.2. The van der Waals surface area contributed by atoms with Gasteiger partial charge in [-0.3, -0.25) is 9.78 Å². The monoisotopic (exact) mass is 359 g/mol. The zero-order valence-corrected chi connectivity index (χ0v) is 15.2. The molecule has 0 saturated carbocycles. The summed E-state index contributed by atoms with van der Waals surface area (Å²) in [6.07, 6.45) is 9.54. The number of pyridine rings is 2. The molecule has 1 amide bonds. The van der Waals surface area contributed by atoms with Crippen LogP contribution in [0.15, 0.2) is 48.7 Å². The number of hydrogen-bond donors (Lipinski definition) is 1. The highest BCUT2D eigenvalue weighted by Gasteiger charge is 2.13. The number of aromatic nitrogens is 2. The van der Waals surface area contributed by atoms with Crippen molar-refractivity contribution in [2.24, 2.45) is 0 Å². The molecule has 0 radical (unpaired) electrons. The highest BCUT2D eigenvalue weighted by Crippen LogP contribution is 2.20. The van der Waals surface area contributed by atoms with E-state index in [4.69, 9.17) is 11.2 Å². The zero-order chi connectivity index (χ0) is 19.1. The lowest BCUT2D eigenvalue weighted by Gasteiger charge is -2.10. The zero-order valence-electron chi connectivity index (χ0n) is 15.2. The number of nitrogens with zero attached hydrogens (tertiary/aromatic N) is 2. The van der Waals surface area contributed by atoms with E-state index in [-0.39, 0.29) is 5.91 Å². The first-order valence-corrected chi connectivity index (χ1v) is 8.87. The van der Waals surface area contributed by atoms with Crippen molar-refractivity contribution in [2.75, 3.05) is 11.9 Å². The Morgan fingerprint density at radius 1 is 1.19 bits per heavy atom. The molecule has 136 valence electrons. The van der Waals surface area contributed by atoms with E-state index < -0.39 is 0 Å². The Kier molecular flexibility index (Phi) is 6.01. The van der Waals surface area contributed by atoms with Crippen LogP contribution in [0.1, 0.15) is 35.3 Å². The van der Waals surface area contributed by atoms with Crippen molar-refractivity contribution in [3.8, 4) is 18.1 Å². The van der Waals surface area contributed by atoms with Crippen molar-refractivity contribution in [3.63, 3.8) is 0 Å². The lowest BCUT2D eigenvalue weighted by atomic mass is 10.1. The van der Waals surface area contributed by atoms with Crippen LogP contribution in [0.25, 0.3) is 11.0 Å². The minimum absolute atomic E-state index is 0.260. The number of terminal acetylenes is 1. The van der Waals surface area contributed by atoms with Crippen molar-refractivity contribution in [3.05, 3.63) is 59.9 Å². The highest BCUT2D eigenvalue weighted by molar-refractivity contribution is 6.05. The van der Waals surface area contributed by atoms with Gasteiger partial charge in [0.15, 0.2) is 0 Å². The largest absolute Gasteiger partial charge is 0.494 e. The Bertz CT molecular complexity index is 992. The van der Waals surface area contributed by atoms with Crippen LogP contribution in [0, 0.1) is 19.3 Å². The Hall–Kier alpha value is -3.39. The van der Waals surface area contributed by atoms with E-state index in [1.807, 2.05) is 37.3 Å². The summed E-state index contributed by atoms with van der Waals surface area (Å²) in [6.45, 7) is 2.45. The van der Waals surface area contributed by atoms with Crippen molar-refractivity contribution in [1.82, 2.24) is 9.97 Å². The average molecular weight is 359 g/mol. The van der Waals surface area contributed by atoms with Crippen LogP contribution in [-0.4, -0.2) is 22.5 Å². The molecule has 1 N–H and O–H groups in total. The molecule has 5 nitrogen and oxygen atoms in total. The molecular formula is C22H21N3O2. The third-order valence-electron chi connectivity index (χ3n) is 4.07. The molecule has 0 aliphatic carbocycles. The van der Waals surface area contributed by atoms with Gasteiger partial charge in [-0.15, -0.1) is 12.3 Å². The molecule has 2 heterocycles. The third kappa shape index (κ3) is 4.83. The molecule has 5 heteroatoms. The van der Waals surface area contributed by atoms with Crippen molar-refractivity contribution < 1.29 is 9.53 Å². The minimum atomic E-state index is -0.260. The smallest absolute Gasteiger partial charge is 0.274 e. The Balaban J connectivity index is 1.68. The number of aryl methyl sites for hydroxylation is 1. The summed E-state index contributed by atoms with van der Waals surface area (Å²) in [5.74, 6) is 3.06. The van der Waals surface area contributed by atoms with Gasteiger partial charge in [-0.2, -0.15) is 0 Å². The highest BCUT2D eigenvalue weighted by atomic mass is 16.5.